The van der Waals surface area contributed by atoms with Crippen LogP contribution in [0.5, 0.6) is 0 Å². The first kappa shape index (κ1) is 10.1. The van der Waals surface area contributed by atoms with E-state index in [2.05, 4.69) is 28.4 Å². The van der Waals surface area contributed by atoms with Gasteiger partial charge in [-0.2, -0.15) is 0 Å². The summed E-state index contributed by atoms with van der Waals surface area (Å²) >= 11 is 0. The largest absolute Gasteiger partial charge is 0.310 e. The molecule has 1 unspecified atom stereocenters. The second-order valence-corrected chi connectivity index (χ2v) is 5.81. The van der Waals surface area contributed by atoms with Gasteiger partial charge in [-0.15, -0.1) is 0 Å². The van der Waals surface area contributed by atoms with Gasteiger partial charge in [0.05, 0.1) is 0 Å². The van der Waals surface area contributed by atoms with Crippen LogP contribution in [0.15, 0.2) is 18.2 Å². The van der Waals surface area contributed by atoms with E-state index in [9.17, 15) is 0 Å². The highest BCUT2D eigenvalue weighted by Gasteiger charge is 2.33. The van der Waals surface area contributed by atoms with Crippen LogP contribution < -0.4 is 5.32 Å². The molecule has 2 aliphatic heterocycles. The van der Waals surface area contributed by atoms with Gasteiger partial charge < -0.3 is 5.32 Å². The fourth-order valence-corrected chi connectivity index (χ4v) is 3.32. The van der Waals surface area contributed by atoms with Crippen LogP contribution in [0.3, 0.4) is 0 Å². The summed E-state index contributed by atoms with van der Waals surface area (Å²) in [5, 5.41) is 3.60. The van der Waals surface area contributed by atoms with Gasteiger partial charge in [0, 0.05) is 25.2 Å². The molecular weight excluding hydrogens is 208 g/mol. The molecule has 0 spiro atoms. The lowest BCUT2D eigenvalue weighted by Crippen LogP contribution is -2.18. The molecule has 0 aromatic heterocycles. The van der Waals surface area contributed by atoms with Crippen molar-refractivity contribution < 1.29 is 0 Å². The Morgan fingerprint density at radius 1 is 1.06 bits per heavy atom. The third-order valence-electron chi connectivity index (χ3n) is 4.50. The van der Waals surface area contributed by atoms with E-state index in [0.717, 1.165) is 6.04 Å². The predicted molar refractivity (Wildman–Crippen MR) is 68.7 cm³/mol. The second-order valence-electron chi connectivity index (χ2n) is 5.81. The Kier molecular flexibility index (Phi) is 2.27. The number of fused-ring (bicyclic) bond motifs is 1. The number of nitrogens with zero attached hydrogens (tertiary/aromatic N) is 1. The van der Waals surface area contributed by atoms with Crippen molar-refractivity contribution in [1.29, 1.82) is 0 Å². The van der Waals surface area contributed by atoms with Crippen molar-refractivity contribution in [1.82, 2.24) is 10.2 Å². The molecule has 0 bridgehead atoms. The summed E-state index contributed by atoms with van der Waals surface area (Å²) in [5.74, 6) is 0. The van der Waals surface area contributed by atoms with Crippen molar-refractivity contribution in [3.63, 3.8) is 0 Å². The monoisotopic (exact) mass is 228 g/mol. The molecule has 2 nitrogen and oxygen atoms in total. The van der Waals surface area contributed by atoms with Crippen LogP contribution in [-0.4, -0.2) is 17.5 Å². The lowest BCUT2D eigenvalue weighted by Gasteiger charge is -2.12. The number of hydrogen-bond acceptors (Lipinski definition) is 2. The molecule has 2 heterocycles. The van der Waals surface area contributed by atoms with Gasteiger partial charge in [-0.05, 0) is 48.9 Å². The van der Waals surface area contributed by atoms with Crippen LogP contribution in [0.4, 0.5) is 0 Å². The van der Waals surface area contributed by atoms with Crippen molar-refractivity contribution in [3.05, 3.63) is 34.9 Å². The molecule has 90 valence electrons. The SMILES string of the molecule is c1cc2c(cc1C1CCCN1)CN(C1CC1)C2. The number of rotatable bonds is 2. The molecule has 1 aromatic carbocycles. The summed E-state index contributed by atoms with van der Waals surface area (Å²) in [6, 6.07) is 8.69. The van der Waals surface area contributed by atoms with Crippen molar-refractivity contribution in [3.8, 4) is 0 Å². The van der Waals surface area contributed by atoms with Crippen molar-refractivity contribution in [2.24, 2.45) is 0 Å². The number of benzene rings is 1. The normalized spacial score (nSPS) is 28.6. The summed E-state index contributed by atoms with van der Waals surface area (Å²) in [7, 11) is 0. The van der Waals surface area contributed by atoms with Gasteiger partial charge in [0.2, 0.25) is 0 Å². The van der Waals surface area contributed by atoms with E-state index in [1.807, 2.05) is 0 Å². The van der Waals surface area contributed by atoms with Gasteiger partial charge in [0.1, 0.15) is 0 Å². The highest BCUT2D eigenvalue weighted by molar-refractivity contribution is 5.36. The first-order valence-electron chi connectivity index (χ1n) is 6.99. The predicted octanol–water partition coefficient (Wildman–Crippen LogP) is 2.59. The van der Waals surface area contributed by atoms with E-state index in [1.54, 1.807) is 11.1 Å². The molecule has 1 aromatic rings. The van der Waals surface area contributed by atoms with E-state index < -0.39 is 0 Å². The maximum atomic E-state index is 3.60. The summed E-state index contributed by atoms with van der Waals surface area (Å²) in [5.41, 5.74) is 4.67. The van der Waals surface area contributed by atoms with E-state index in [-0.39, 0.29) is 0 Å². The van der Waals surface area contributed by atoms with Crippen LogP contribution >= 0.6 is 0 Å². The summed E-state index contributed by atoms with van der Waals surface area (Å²) in [4.78, 5) is 2.65. The fraction of sp³-hybridized carbons (Fsp3) is 0.600. The number of hydrogen-bond donors (Lipinski definition) is 1. The Balaban J connectivity index is 1.58. The zero-order valence-electron chi connectivity index (χ0n) is 10.3. The minimum Gasteiger partial charge on any atom is -0.310 e. The summed E-state index contributed by atoms with van der Waals surface area (Å²) in [6.45, 7) is 3.58. The molecule has 0 amide bonds. The van der Waals surface area contributed by atoms with E-state index in [1.165, 1.54) is 50.9 Å². The molecular formula is C15H20N2. The Hall–Kier alpha value is -0.860. The minimum absolute atomic E-state index is 0.621. The van der Waals surface area contributed by atoms with Gasteiger partial charge in [0.25, 0.3) is 0 Å². The molecule has 17 heavy (non-hydrogen) atoms. The lowest BCUT2D eigenvalue weighted by atomic mass is 10.0. The smallest absolute Gasteiger partial charge is 0.0320 e. The van der Waals surface area contributed by atoms with Crippen molar-refractivity contribution >= 4 is 0 Å². The average Bonchev–Trinajstić information content (AvgIpc) is 2.92. The first-order chi connectivity index (χ1) is 8.40. The Bertz CT molecular complexity index is 431. The first-order valence-corrected chi connectivity index (χ1v) is 6.99. The van der Waals surface area contributed by atoms with E-state index in [0.29, 0.717) is 6.04 Å². The highest BCUT2D eigenvalue weighted by Crippen LogP contribution is 2.36. The van der Waals surface area contributed by atoms with Gasteiger partial charge in [0.15, 0.2) is 0 Å². The quantitative estimate of drug-likeness (QED) is 0.837. The van der Waals surface area contributed by atoms with Crippen molar-refractivity contribution in [2.45, 2.75) is 50.9 Å². The third-order valence-corrected chi connectivity index (χ3v) is 4.50. The molecule has 4 rings (SSSR count). The molecule has 0 radical (unpaired) electrons. The van der Waals surface area contributed by atoms with Crippen LogP contribution in [-0.2, 0) is 13.1 Å². The molecule has 2 fully saturated rings. The summed E-state index contributed by atoms with van der Waals surface area (Å²) in [6.07, 6.45) is 5.48. The minimum atomic E-state index is 0.621. The van der Waals surface area contributed by atoms with Gasteiger partial charge in [-0.3, -0.25) is 4.90 Å². The zero-order valence-corrected chi connectivity index (χ0v) is 10.3. The van der Waals surface area contributed by atoms with Crippen LogP contribution in [0.2, 0.25) is 0 Å². The van der Waals surface area contributed by atoms with E-state index in [4.69, 9.17) is 0 Å². The Morgan fingerprint density at radius 2 is 1.94 bits per heavy atom. The van der Waals surface area contributed by atoms with Crippen LogP contribution in [0.25, 0.3) is 0 Å². The molecule has 3 aliphatic rings. The molecule has 2 heteroatoms. The topological polar surface area (TPSA) is 15.3 Å². The van der Waals surface area contributed by atoms with Crippen LogP contribution in [0, 0.1) is 0 Å². The Labute approximate surface area is 103 Å². The Morgan fingerprint density at radius 3 is 2.71 bits per heavy atom. The maximum Gasteiger partial charge on any atom is 0.0320 e. The van der Waals surface area contributed by atoms with Gasteiger partial charge in [-0.25, -0.2) is 0 Å². The molecule has 1 atom stereocenters. The maximum absolute atomic E-state index is 3.60. The third kappa shape index (κ3) is 1.80. The number of nitrogens with one attached hydrogen (secondary N) is 1. The van der Waals surface area contributed by atoms with Crippen LogP contribution in [0.1, 0.15) is 48.4 Å². The van der Waals surface area contributed by atoms with Gasteiger partial charge in [-0.1, -0.05) is 18.2 Å². The molecule has 1 aliphatic carbocycles. The second kappa shape index (κ2) is 3.82. The average molecular weight is 228 g/mol. The van der Waals surface area contributed by atoms with E-state index >= 15 is 0 Å². The fourth-order valence-electron chi connectivity index (χ4n) is 3.32. The summed E-state index contributed by atoms with van der Waals surface area (Å²) < 4.78 is 0. The standard InChI is InChI=1S/C15H20N2/c1-2-15(16-7-1)11-3-4-12-9-17(14-5-6-14)10-13(12)8-11/h3-4,8,14-16H,1-2,5-7,9-10H2. The molecule has 1 saturated carbocycles. The highest BCUT2D eigenvalue weighted by atomic mass is 15.2. The van der Waals surface area contributed by atoms with Crippen molar-refractivity contribution in [2.75, 3.05) is 6.54 Å². The molecule has 1 N–H and O–H groups in total. The zero-order chi connectivity index (χ0) is 11.2. The molecule has 1 saturated heterocycles. The lowest BCUT2D eigenvalue weighted by molar-refractivity contribution is 0.273. The van der Waals surface area contributed by atoms with Gasteiger partial charge >= 0.3 is 0 Å².